The molecule has 0 spiro atoms. The van der Waals surface area contributed by atoms with E-state index in [0.29, 0.717) is 6.61 Å². The van der Waals surface area contributed by atoms with Crippen molar-refractivity contribution in [2.45, 2.75) is 37.3 Å². The van der Waals surface area contributed by atoms with Crippen LogP contribution in [0.25, 0.3) is 0 Å². The molecule has 0 aromatic heterocycles. The first-order valence-electron chi connectivity index (χ1n) is 7.94. The molecule has 0 aromatic rings. The van der Waals surface area contributed by atoms with Crippen LogP contribution in [0.15, 0.2) is 24.5 Å². The van der Waals surface area contributed by atoms with Crippen LogP contribution >= 0.6 is 0 Å². The first-order valence-corrected chi connectivity index (χ1v) is 7.94. The van der Waals surface area contributed by atoms with Gasteiger partial charge in [0.25, 0.3) is 0 Å². The van der Waals surface area contributed by atoms with Crippen LogP contribution in [-0.2, 0) is 23.7 Å². The first kappa shape index (κ1) is 18.4. The minimum absolute atomic E-state index is 0.00386. The molecule has 0 bridgehead atoms. The molecule has 132 valence electrons. The topological polar surface area (TPSA) is 86.6 Å². The highest BCUT2D eigenvalue weighted by Crippen LogP contribution is 2.12. The van der Waals surface area contributed by atoms with Crippen molar-refractivity contribution in [2.24, 2.45) is 0 Å². The maximum absolute atomic E-state index is 9.71. The van der Waals surface area contributed by atoms with Gasteiger partial charge in [0, 0.05) is 0 Å². The zero-order valence-corrected chi connectivity index (χ0v) is 13.2. The molecule has 0 fully saturated rings. The SMILES string of the molecule is OC(COCOCC(O)COC1C=COC1)COC1C=CCC1. The largest absolute Gasteiger partial charge is 0.498 e. The van der Waals surface area contributed by atoms with E-state index in [1.54, 1.807) is 12.3 Å². The number of hydrogen-bond donors (Lipinski definition) is 2. The van der Waals surface area contributed by atoms with Crippen molar-refractivity contribution in [3.05, 3.63) is 24.5 Å². The van der Waals surface area contributed by atoms with Crippen LogP contribution in [0.1, 0.15) is 12.8 Å². The van der Waals surface area contributed by atoms with E-state index in [2.05, 4.69) is 6.08 Å². The Morgan fingerprint density at radius 2 is 1.65 bits per heavy atom. The highest BCUT2D eigenvalue weighted by molar-refractivity contribution is 4.97. The summed E-state index contributed by atoms with van der Waals surface area (Å²) in [4.78, 5) is 0. The maximum Gasteiger partial charge on any atom is 0.146 e. The van der Waals surface area contributed by atoms with Crippen LogP contribution in [0.5, 0.6) is 0 Å². The van der Waals surface area contributed by atoms with Gasteiger partial charge in [-0.3, -0.25) is 0 Å². The van der Waals surface area contributed by atoms with Crippen LogP contribution in [0, 0.1) is 0 Å². The minimum Gasteiger partial charge on any atom is -0.498 e. The van der Waals surface area contributed by atoms with E-state index in [1.165, 1.54) is 0 Å². The summed E-state index contributed by atoms with van der Waals surface area (Å²) >= 11 is 0. The van der Waals surface area contributed by atoms with Crippen molar-refractivity contribution in [1.29, 1.82) is 0 Å². The van der Waals surface area contributed by atoms with Gasteiger partial charge in [-0.2, -0.15) is 0 Å². The molecule has 7 heteroatoms. The van der Waals surface area contributed by atoms with Gasteiger partial charge in [-0.05, 0) is 18.9 Å². The molecule has 1 heterocycles. The summed E-state index contributed by atoms with van der Waals surface area (Å²) in [6.07, 6.45) is 8.05. The van der Waals surface area contributed by atoms with Gasteiger partial charge in [0.1, 0.15) is 31.7 Å². The summed E-state index contributed by atoms with van der Waals surface area (Å²) in [5.41, 5.74) is 0. The lowest BCUT2D eigenvalue weighted by Crippen LogP contribution is -2.27. The molecule has 1 aliphatic carbocycles. The molecule has 7 nitrogen and oxygen atoms in total. The number of allylic oxidation sites excluding steroid dienone is 1. The number of aliphatic hydroxyl groups excluding tert-OH is 2. The number of ether oxygens (including phenoxy) is 5. The minimum atomic E-state index is -0.727. The Hall–Kier alpha value is -0.960. The van der Waals surface area contributed by atoms with Gasteiger partial charge in [-0.1, -0.05) is 12.2 Å². The summed E-state index contributed by atoms with van der Waals surface area (Å²) in [7, 11) is 0. The molecule has 4 atom stereocenters. The smallest absolute Gasteiger partial charge is 0.146 e. The van der Waals surface area contributed by atoms with E-state index in [4.69, 9.17) is 23.7 Å². The van der Waals surface area contributed by atoms with Crippen molar-refractivity contribution in [3.63, 3.8) is 0 Å². The predicted molar refractivity (Wildman–Crippen MR) is 81.7 cm³/mol. The van der Waals surface area contributed by atoms with Gasteiger partial charge in [-0.15, -0.1) is 0 Å². The van der Waals surface area contributed by atoms with E-state index in [1.807, 2.05) is 6.08 Å². The summed E-state index contributed by atoms with van der Waals surface area (Å²) in [5.74, 6) is 0. The number of aliphatic hydroxyl groups is 2. The summed E-state index contributed by atoms with van der Waals surface area (Å²) < 4.78 is 26.3. The molecule has 1 aliphatic heterocycles. The van der Waals surface area contributed by atoms with Gasteiger partial charge in [0.2, 0.25) is 0 Å². The van der Waals surface area contributed by atoms with Crippen LogP contribution in [0.2, 0.25) is 0 Å². The van der Waals surface area contributed by atoms with Crippen LogP contribution in [0.4, 0.5) is 0 Å². The van der Waals surface area contributed by atoms with Crippen molar-refractivity contribution in [1.82, 2.24) is 0 Å². The zero-order valence-electron chi connectivity index (χ0n) is 13.2. The van der Waals surface area contributed by atoms with Crippen molar-refractivity contribution in [2.75, 3.05) is 39.8 Å². The molecule has 2 N–H and O–H groups in total. The molecule has 2 aliphatic rings. The predicted octanol–water partition coefficient (Wildman–Crippen LogP) is 0.363. The van der Waals surface area contributed by atoms with Crippen LogP contribution < -0.4 is 0 Å². The average molecular weight is 330 g/mol. The van der Waals surface area contributed by atoms with Gasteiger partial charge < -0.3 is 33.9 Å². The number of rotatable bonds is 12. The normalized spacial score (nSPS) is 25.7. The highest BCUT2D eigenvalue weighted by atomic mass is 16.7. The van der Waals surface area contributed by atoms with E-state index in [9.17, 15) is 10.2 Å². The lowest BCUT2D eigenvalue weighted by Gasteiger charge is -2.16. The quantitative estimate of drug-likeness (QED) is 0.304. The fraction of sp³-hybridized carbons (Fsp3) is 0.750. The molecule has 0 saturated heterocycles. The standard InChI is InChI=1S/C16H26O7/c17-13(9-22-15-3-1-2-4-15)7-20-12-21-8-14(18)10-23-16-5-6-19-11-16/h1,3,5-6,13-18H,2,4,7-12H2. The molecular formula is C16H26O7. The third-order valence-electron chi connectivity index (χ3n) is 3.41. The maximum atomic E-state index is 9.71. The lowest BCUT2D eigenvalue weighted by molar-refractivity contribution is -0.117. The Kier molecular flexibility index (Phi) is 8.59. The Morgan fingerprint density at radius 3 is 2.22 bits per heavy atom. The monoisotopic (exact) mass is 330 g/mol. The second kappa shape index (κ2) is 10.7. The molecule has 4 unspecified atom stereocenters. The van der Waals surface area contributed by atoms with E-state index in [0.717, 1.165) is 12.8 Å². The summed E-state index contributed by atoms with van der Waals surface area (Å²) in [5, 5.41) is 19.4. The van der Waals surface area contributed by atoms with E-state index >= 15 is 0 Å². The summed E-state index contributed by atoms with van der Waals surface area (Å²) in [6.45, 7) is 1.13. The second-order valence-electron chi connectivity index (χ2n) is 5.58. The Labute approximate surface area is 136 Å². The third kappa shape index (κ3) is 7.92. The van der Waals surface area contributed by atoms with Gasteiger partial charge >= 0.3 is 0 Å². The molecular weight excluding hydrogens is 304 g/mol. The van der Waals surface area contributed by atoms with Gasteiger partial charge in [0.15, 0.2) is 0 Å². The average Bonchev–Trinajstić information content (AvgIpc) is 3.24. The second-order valence-corrected chi connectivity index (χ2v) is 5.58. The molecule has 2 rings (SSSR count). The van der Waals surface area contributed by atoms with E-state index < -0.39 is 12.2 Å². The Morgan fingerprint density at radius 1 is 0.957 bits per heavy atom. The lowest BCUT2D eigenvalue weighted by atomic mass is 10.3. The molecule has 0 aromatic carbocycles. The van der Waals surface area contributed by atoms with Crippen LogP contribution in [-0.4, -0.2) is 74.5 Å². The zero-order chi connectivity index (χ0) is 16.3. The van der Waals surface area contributed by atoms with Crippen molar-refractivity contribution in [3.8, 4) is 0 Å². The highest BCUT2D eigenvalue weighted by Gasteiger charge is 2.14. The Bertz CT molecular complexity index is 337. The van der Waals surface area contributed by atoms with Crippen molar-refractivity contribution >= 4 is 0 Å². The summed E-state index contributed by atoms with van der Waals surface area (Å²) in [6, 6.07) is 0. The third-order valence-corrected chi connectivity index (χ3v) is 3.41. The number of hydrogen-bond acceptors (Lipinski definition) is 7. The van der Waals surface area contributed by atoms with Gasteiger partial charge in [0.05, 0.1) is 38.8 Å². The molecule has 23 heavy (non-hydrogen) atoms. The fourth-order valence-electron chi connectivity index (χ4n) is 2.19. The fourth-order valence-corrected chi connectivity index (χ4v) is 2.19. The van der Waals surface area contributed by atoms with Crippen molar-refractivity contribution < 1.29 is 33.9 Å². The molecule has 0 saturated carbocycles. The van der Waals surface area contributed by atoms with E-state index in [-0.39, 0.29) is 45.4 Å². The van der Waals surface area contributed by atoms with Crippen LogP contribution in [0.3, 0.4) is 0 Å². The van der Waals surface area contributed by atoms with Gasteiger partial charge in [-0.25, -0.2) is 0 Å². The Balaban J connectivity index is 1.39. The molecule has 0 amide bonds. The first-order chi connectivity index (χ1) is 11.2. The molecule has 0 radical (unpaired) electrons.